The number of carboxylic acids is 1. The molecule has 0 aliphatic rings. The lowest BCUT2D eigenvalue weighted by Crippen LogP contribution is -2.03. The highest BCUT2D eigenvalue weighted by molar-refractivity contribution is 7.99. The molecular weight excluding hydrogens is 291 g/mol. The molecule has 0 saturated heterocycles. The van der Waals surface area contributed by atoms with Crippen molar-refractivity contribution in [1.82, 2.24) is 4.98 Å². The molecule has 0 unspecified atom stereocenters. The van der Waals surface area contributed by atoms with Crippen molar-refractivity contribution >= 4 is 34.3 Å². The fraction of sp³-hybridized carbons (Fsp3) is 0. The van der Waals surface area contributed by atoms with E-state index in [4.69, 9.17) is 10.8 Å². The van der Waals surface area contributed by atoms with Crippen LogP contribution < -0.4 is 5.73 Å². The number of aromatic nitrogens is 1. The van der Waals surface area contributed by atoms with Crippen LogP contribution >= 0.6 is 11.8 Å². The Labute approximate surface area is 123 Å². The molecule has 4 N–H and O–H groups in total. The fourth-order valence-electron chi connectivity index (χ4n) is 2.05. The SMILES string of the molecule is Nc1cc(F)c(Sc2cc3ccccc3[nH]2)cc1C(=O)O. The maximum absolute atomic E-state index is 13.9. The summed E-state index contributed by atoms with van der Waals surface area (Å²) in [5.74, 6) is -1.72. The van der Waals surface area contributed by atoms with Gasteiger partial charge in [0.1, 0.15) is 5.82 Å². The Kier molecular flexibility index (Phi) is 3.31. The molecule has 0 amide bonds. The first-order valence-electron chi connectivity index (χ1n) is 6.12. The lowest BCUT2D eigenvalue weighted by atomic mass is 10.2. The number of nitrogens with two attached hydrogens (primary N) is 1. The molecule has 0 saturated carbocycles. The van der Waals surface area contributed by atoms with E-state index in [1.165, 1.54) is 6.07 Å². The third-order valence-electron chi connectivity index (χ3n) is 3.06. The van der Waals surface area contributed by atoms with Crippen molar-refractivity contribution in [2.45, 2.75) is 9.92 Å². The van der Waals surface area contributed by atoms with Gasteiger partial charge in [0.2, 0.25) is 0 Å². The number of anilines is 1. The zero-order valence-corrected chi connectivity index (χ0v) is 11.6. The van der Waals surface area contributed by atoms with Gasteiger partial charge in [0.25, 0.3) is 0 Å². The Hall–Kier alpha value is -2.47. The molecule has 4 nitrogen and oxygen atoms in total. The van der Waals surface area contributed by atoms with Crippen molar-refractivity contribution in [3.63, 3.8) is 0 Å². The number of aromatic carboxylic acids is 1. The minimum Gasteiger partial charge on any atom is -0.478 e. The lowest BCUT2D eigenvalue weighted by molar-refractivity contribution is 0.0697. The van der Waals surface area contributed by atoms with Crippen LogP contribution in [0.4, 0.5) is 10.1 Å². The Morgan fingerprint density at radius 2 is 2.00 bits per heavy atom. The first-order valence-corrected chi connectivity index (χ1v) is 6.94. The van der Waals surface area contributed by atoms with E-state index in [9.17, 15) is 9.18 Å². The molecule has 0 aliphatic heterocycles. The number of hydrogen-bond donors (Lipinski definition) is 3. The van der Waals surface area contributed by atoms with Crippen LogP contribution in [0.15, 0.2) is 52.4 Å². The molecule has 0 fully saturated rings. The standard InChI is InChI=1S/C15H11FN2O2S/c16-10-7-11(17)9(15(19)20)6-13(10)21-14-5-8-3-1-2-4-12(8)18-14/h1-7,18H,17H2,(H,19,20). The molecule has 0 bridgehead atoms. The molecule has 0 radical (unpaired) electrons. The summed E-state index contributed by atoms with van der Waals surface area (Å²) in [4.78, 5) is 14.4. The van der Waals surface area contributed by atoms with Gasteiger partial charge >= 0.3 is 5.97 Å². The zero-order chi connectivity index (χ0) is 15.0. The molecule has 2 aromatic carbocycles. The number of carboxylic acid groups (broad SMARTS) is 1. The van der Waals surface area contributed by atoms with E-state index in [1.807, 2.05) is 30.3 Å². The van der Waals surface area contributed by atoms with Gasteiger partial charge in [-0.05, 0) is 24.3 Å². The Morgan fingerprint density at radius 3 is 2.71 bits per heavy atom. The van der Waals surface area contributed by atoms with E-state index in [2.05, 4.69) is 4.98 Å². The summed E-state index contributed by atoms with van der Waals surface area (Å²) in [5.41, 5.74) is 6.26. The highest BCUT2D eigenvalue weighted by atomic mass is 32.2. The van der Waals surface area contributed by atoms with Crippen LogP contribution in [0.25, 0.3) is 10.9 Å². The normalized spacial score (nSPS) is 10.9. The summed E-state index contributed by atoms with van der Waals surface area (Å²) in [5, 5.41) is 10.8. The number of benzene rings is 2. The minimum atomic E-state index is -1.18. The van der Waals surface area contributed by atoms with E-state index >= 15 is 0 Å². The highest BCUT2D eigenvalue weighted by Crippen LogP contribution is 2.33. The monoisotopic (exact) mass is 302 g/mol. The third kappa shape index (κ3) is 2.57. The fourth-order valence-corrected chi connectivity index (χ4v) is 2.97. The van der Waals surface area contributed by atoms with Crippen molar-refractivity contribution in [2.24, 2.45) is 0 Å². The second kappa shape index (κ2) is 5.14. The number of para-hydroxylation sites is 1. The van der Waals surface area contributed by atoms with E-state index in [-0.39, 0.29) is 16.1 Å². The van der Waals surface area contributed by atoms with E-state index in [0.717, 1.165) is 33.8 Å². The van der Waals surface area contributed by atoms with Gasteiger partial charge in [-0.3, -0.25) is 0 Å². The van der Waals surface area contributed by atoms with Gasteiger partial charge in [-0.1, -0.05) is 30.0 Å². The quantitative estimate of drug-likeness (QED) is 0.644. The molecule has 1 aromatic heterocycles. The zero-order valence-electron chi connectivity index (χ0n) is 10.8. The first-order chi connectivity index (χ1) is 10.0. The molecule has 6 heteroatoms. The number of aromatic amines is 1. The second-order valence-corrected chi connectivity index (χ2v) is 5.58. The van der Waals surface area contributed by atoms with Crippen molar-refractivity contribution in [3.05, 3.63) is 53.8 Å². The molecule has 106 valence electrons. The van der Waals surface area contributed by atoms with E-state index < -0.39 is 11.8 Å². The number of carbonyl (C=O) groups is 1. The van der Waals surface area contributed by atoms with E-state index in [0.29, 0.717) is 0 Å². The number of H-pyrrole nitrogens is 1. The van der Waals surface area contributed by atoms with Gasteiger partial charge in [0, 0.05) is 16.6 Å². The van der Waals surface area contributed by atoms with Crippen molar-refractivity contribution in [2.75, 3.05) is 5.73 Å². The predicted octanol–water partition coefficient (Wildman–Crippen LogP) is 3.74. The van der Waals surface area contributed by atoms with Gasteiger partial charge in [-0.2, -0.15) is 0 Å². The average molecular weight is 302 g/mol. The van der Waals surface area contributed by atoms with Crippen molar-refractivity contribution in [3.8, 4) is 0 Å². The largest absolute Gasteiger partial charge is 0.478 e. The number of halogens is 1. The molecule has 0 aliphatic carbocycles. The Bertz CT molecular complexity index is 812. The van der Waals surface area contributed by atoms with Crippen molar-refractivity contribution < 1.29 is 14.3 Å². The number of rotatable bonds is 3. The number of fused-ring (bicyclic) bond motifs is 1. The van der Waals surface area contributed by atoms with Crippen LogP contribution in [-0.2, 0) is 0 Å². The Balaban J connectivity index is 2.00. The lowest BCUT2D eigenvalue weighted by Gasteiger charge is -2.06. The summed E-state index contributed by atoms with van der Waals surface area (Å²) in [6, 6.07) is 11.9. The summed E-state index contributed by atoms with van der Waals surface area (Å²) in [7, 11) is 0. The van der Waals surface area contributed by atoms with Gasteiger partial charge in [0.15, 0.2) is 0 Å². The van der Waals surface area contributed by atoms with Crippen molar-refractivity contribution in [1.29, 1.82) is 0 Å². The number of nitrogen functional groups attached to an aromatic ring is 1. The molecular formula is C15H11FN2O2S. The maximum atomic E-state index is 13.9. The van der Waals surface area contributed by atoms with E-state index in [1.54, 1.807) is 0 Å². The molecule has 0 atom stereocenters. The smallest absolute Gasteiger partial charge is 0.337 e. The summed E-state index contributed by atoms with van der Waals surface area (Å²) in [6.45, 7) is 0. The first kappa shape index (κ1) is 13.5. The molecule has 1 heterocycles. The van der Waals surface area contributed by atoms with Gasteiger partial charge in [-0.15, -0.1) is 0 Å². The highest BCUT2D eigenvalue weighted by Gasteiger charge is 2.14. The molecule has 0 spiro atoms. The number of nitrogens with one attached hydrogen (secondary N) is 1. The molecule has 3 rings (SSSR count). The molecule has 3 aromatic rings. The summed E-state index contributed by atoms with van der Waals surface area (Å²) >= 11 is 1.13. The molecule has 21 heavy (non-hydrogen) atoms. The number of hydrogen-bond acceptors (Lipinski definition) is 3. The van der Waals surface area contributed by atoms with Crippen LogP contribution in [0.3, 0.4) is 0 Å². The van der Waals surface area contributed by atoms with Crippen LogP contribution in [0.5, 0.6) is 0 Å². The minimum absolute atomic E-state index is 0.0824. The van der Waals surface area contributed by atoms with Crippen LogP contribution in [0.2, 0.25) is 0 Å². The predicted molar refractivity (Wildman–Crippen MR) is 80.2 cm³/mol. The average Bonchev–Trinajstić information content (AvgIpc) is 2.83. The maximum Gasteiger partial charge on any atom is 0.337 e. The topological polar surface area (TPSA) is 79.1 Å². The van der Waals surface area contributed by atoms with Crippen LogP contribution in [0, 0.1) is 5.82 Å². The van der Waals surface area contributed by atoms with Gasteiger partial charge in [-0.25, -0.2) is 9.18 Å². The van der Waals surface area contributed by atoms with Gasteiger partial charge in [0.05, 0.1) is 15.5 Å². The summed E-state index contributed by atoms with van der Waals surface area (Å²) < 4.78 is 13.9. The van der Waals surface area contributed by atoms with Crippen LogP contribution in [0.1, 0.15) is 10.4 Å². The second-order valence-electron chi connectivity index (χ2n) is 4.50. The summed E-state index contributed by atoms with van der Waals surface area (Å²) in [6.07, 6.45) is 0. The van der Waals surface area contributed by atoms with Crippen LogP contribution in [-0.4, -0.2) is 16.1 Å². The van der Waals surface area contributed by atoms with Gasteiger partial charge < -0.3 is 15.8 Å². The Morgan fingerprint density at radius 1 is 1.24 bits per heavy atom. The third-order valence-corrected chi connectivity index (χ3v) is 4.03.